The molecule has 14 nitrogen and oxygen atoms in total. The molecule has 3 heterocycles. The largest absolute Gasteiger partial charge is 0.379 e. The molecule has 7 N–H and O–H groups in total. The van der Waals surface area contributed by atoms with Crippen LogP contribution in [0.2, 0.25) is 0 Å². The summed E-state index contributed by atoms with van der Waals surface area (Å²) in [6.07, 6.45) is 3.30. The van der Waals surface area contributed by atoms with E-state index in [-0.39, 0.29) is 35.1 Å². The van der Waals surface area contributed by atoms with Crippen molar-refractivity contribution < 1.29 is 14.2 Å². The second-order valence-electron chi connectivity index (χ2n) is 7.52. The standard InChI is InChI=1S/C22H19N11O3/c23-19-21(31-36-30-19)33-17(11-26-16-8-4-2-6-14(16)20(24)34)18(28-32-33)22(35)29-27-10-12-9-25-15-7-3-1-5-13(12)15/h1-10,25-26H,11H2,(H2,23,30)(H2,24,34)(H,29,35). The molecule has 14 heteroatoms. The van der Waals surface area contributed by atoms with Gasteiger partial charge in [0.25, 0.3) is 11.8 Å². The predicted molar refractivity (Wildman–Crippen MR) is 129 cm³/mol. The number of aromatic amines is 1. The third kappa shape index (κ3) is 4.21. The highest BCUT2D eigenvalue weighted by Crippen LogP contribution is 2.20. The molecule has 0 aliphatic rings. The number of hydrazone groups is 1. The number of rotatable bonds is 8. The maximum absolute atomic E-state index is 13.0. The SMILES string of the molecule is NC(=O)c1ccccc1NCc1c(C(=O)NN=Cc2c[nH]c3ccccc23)nnn1-c1nonc1N. The van der Waals surface area contributed by atoms with Gasteiger partial charge in [-0.2, -0.15) is 9.78 Å². The number of hydrogen-bond acceptors (Lipinski definition) is 10. The summed E-state index contributed by atoms with van der Waals surface area (Å²) in [4.78, 5) is 27.9. The minimum Gasteiger partial charge on any atom is -0.379 e. The van der Waals surface area contributed by atoms with Crippen LogP contribution in [0, 0.1) is 0 Å². The van der Waals surface area contributed by atoms with Crippen molar-refractivity contribution in [2.75, 3.05) is 11.1 Å². The maximum Gasteiger partial charge on any atom is 0.293 e. The lowest BCUT2D eigenvalue weighted by Crippen LogP contribution is -2.22. The van der Waals surface area contributed by atoms with Crippen molar-refractivity contribution in [1.29, 1.82) is 0 Å². The van der Waals surface area contributed by atoms with Crippen LogP contribution in [-0.4, -0.2) is 48.3 Å². The normalized spacial score (nSPS) is 11.2. The first-order valence-electron chi connectivity index (χ1n) is 10.6. The molecule has 36 heavy (non-hydrogen) atoms. The number of H-pyrrole nitrogens is 1. The molecule has 0 atom stereocenters. The van der Waals surface area contributed by atoms with Gasteiger partial charge in [-0.25, -0.2) is 10.1 Å². The van der Waals surface area contributed by atoms with Gasteiger partial charge in [0.05, 0.1) is 24.0 Å². The van der Waals surface area contributed by atoms with E-state index in [9.17, 15) is 9.59 Å². The molecule has 0 aliphatic heterocycles. The summed E-state index contributed by atoms with van der Waals surface area (Å²) in [6, 6.07) is 14.4. The number of fused-ring (bicyclic) bond motifs is 1. The second kappa shape index (κ2) is 9.38. The fourth-order valence-electron chi connectivity index (χ4n) is 3.59. The maximum atomic E-state index is 13.0. The first-order valence-corrected chi connectivity index (χ1v) is 10.6. The van der Waals surface area contributed by atoms with E-state index < -0.39 is 11.8 Å². The van der Waals surface area contributed by atoms with E-state index in [1.54, 1.807) is 30.5 Å². The molecule has 0 bridgehead atoms. The van der Waals surface area contributed by atoms with Gasteiger partial charge in [0.2, 0.25) is 11.6 Å². The van der Waals surface area contributed by atoms with Crippen LogP contribution in [0.15, 0.2) is 64.5 Å². The summed E-state index contributed by atoms with van der Waals surface area (Å²) in [6.45, 7) is -0.00148. The number of anilines is 2. The fourth-order valence-corrected chi connectivity index (χ4v) is 3.59. The minimum absolute atomic E-state index is 0.00148. The van der Waals surface area contributed by atoms with Crippen LogP contribution in [0.25, 0.3) is 16.7 Å². The Labute approximate surface area is 202 Å². The monoisotopic (exact) mass is 485 g/mol. The number of nitrogens with one attached hydrogen (secondary N) is 3. The summed E-state index contributed by atoms with van der Waals surface area (Å²) in [5, 5.41) is 23.3. The van der Waals surface area contributed by atoms with E-state index in [0.717, 1.165) is 16.5 Å². The molecule has 5 rings (SSSR count). The zero-order chi connectivity index (χ0) is 25.1. The van der Waals surface area contributed by atoms with Crippen LogP contribution in [0.3, 0.4) is 0 Å². The van der Waals surface area contributed by atoms with Crippen molar-refractivity contribution in [1.82, 2.24) is 35.7 Å². The molecular formula is C22H19N11O3. The Morgan fingerprint density at radius 2 is 1.94 bits per heavy atom. The van der Waals surface area contributed by atoms with Crippen LogP contribution in [0.4, 0.5) is 11.5 Å². The summed E-state index contributed by atoms with van der Waals surface area (Å²) in [5.74, 6) is -1.25. The van der Waals surface area contributed by atoms with Crippen molar-refractivity contribution in [3.05, 3.63) is 77.2 Å². The number of aromatic nitrogens is 6. The van der Waals surface area contributed by atoms with Crippen LogP contribution in [-0.2, 0) is 6.54 Å². The van der Waals surface area contributed by atoms with Crippen LogP contribution < -0.4 is 22.2 Å². The topological polar surface area (TPSA) is 208 Å². The van der Waals surface area contributed by atoms with Gasteiger partial charge in [-0.15, -0.1) is 5.10 Å². The number of nitrogen functional groups attached to an aromatic ring is 1. The van der Waals surface area contributed by atoms with E-state index in [1.165, 1.54) is 10.9 Å². The number of nitrogens with two attached hydrogens (primary N) is 2. The lowest BCUT2D eigenvalue weighted by Gasteiger charge is -2.11. The molecule has 0 saturated heterocycles. The van der Waals surface area contributed by atoms with E-state index in [0.29, 0.717) is 5.69 Å². The Morgan fingerprint density at radius 1 is 1.14 bits per heavy atom. The minimum atomic E-state index is -0.632. The highest BCUT2D eigenvalue weighted by molar-refractivity contribution is 6.00. The molecule has 0 radical (unpaired) electrons. The molecule has 180 valence electrons. The van der Waals surface area contributed by atoms with Gasteiger partial charge < -0.3 is 21.8 Å². The summed E-state index contributed by atoms with van der Waals surface area (Å²) in [7, 11) is 0. The van der Waals surface area contributed by atoms with Gasteiger partial charge in [0.15, 0.2) is 5.69 Å². The molecule has 0 unspecified atom stereocenters. The molecular weight excluding hydrogens is 466 g/mol. The number of para-hydroxylation sites is 2. The Hall–Kier alpha value is -5.53. The highest BCUT2D eigenvalue weighted by Gasteiger charge is 2.24. The molecule has 3 aromatic heterocycles. The van der Waals surface area contributed by atoms with Gasteiger partial charge in [0.1, 0.15) is 0 Å². The van der Waals surface area contributed by atoms with Crippen molar-refractivity contribution in [2.24, 2.45) is 10.8 Å². The van der Waals surface area contributed by atoms with Gasteiger partial charge in [-0.05, 0) is 28.5 Å². The number of amides is 2. The summed E-state index contributed by atoms with van der Waals surface area (Å²) in [5.41, 5.74) is 16.4. The average Bonchev–Trinajstić information content (AvgIpc) is 3.61. The van der Waals surface area contributed by atoms with Gasteiger partial charge in [-0.1, -0.05) is 35.5 Å². The lowest BCUT2D eigenvalue weighted by atomic mass is 10.1. The van der Waals surface area contributed by atoms with Crippen molar-refractivity contribution >= 4 is 40.4 Å². The molecule has 0 fully saturated rings. The molecule has 0 saturated carbocycles. The number of primary amides is 1. The summed E-state index contributed by atoms with van der Waals surface area (Å²) < 4.78 is 5.87. The van der Waals surface area contributed by atoms with E-state index in [4.69, 9.17) is 11.5 Å². The van der Waals surface area contributed by atoms with Crippen LogP contribution >= 0.6 is 0 Å². The Balaban J connectivity index is 1.42. The smallest absolute Gasteiger partial charge is 0.293 e. The summed E-state index contributed by atoms with van der Waals surface area (Å²) >= 11 is 0. The van der Waals surface area contributed by atoms with Crippen LogP contribution in [0.5, 0.6) is 0 Å². The Morgan fingerprint density at radius 3 is 2.75 bits per heavy atom. The van der Waals surface area contributed by atoms with E-state index in [2.05, 4.69) is 46.1 Å². The zero-order valence-corrected chi connectivity index (χ0v) is 18.5. The molecule has 2 amide bonds. The van der Waals surface area contributed by atoms with E-state index >= 15 is 0 Å². The Kier molecular flexibility index (Phi) is 5.80. The highest BCUT2D eigenvalue weighted by atomic mass is 16.6. The van der Waals surface area contributed by atoms with Gasteiger partial charge >= 0.3 is 0 Å². The number of benzene rings is 2. The van der Waals surface area contributed by atoms with Crippen molar-refractivity contribution in [3.63, 3.8) is 0 Å². The first kappa shape index (κ1) is 22.3. The number of carbonyl (C=O) groups excluding carboxylic acids is 2. The third-order valence-electron chi connectivity index (χ3n) is 5.30. The molecule has 5 aromatic rings. The number of carbonyl (C=O) groups is 2. The number of hydrogen-bond donors (Lipinski definition) is 5. The van der Waals surface area contributed by atoms with E-state index in [1.807, 2.05) is 24.3 Å². The molecule has 0 spiro atoms. The predicted octanol–water partition coefficient (Wildman–Crippen LogP) is 1.19. The van der Waals surface area contributed by atoms with Crippen molar-refractivity contribution in [2.45, 2.75) is 6.54 Å². The Bertz CT molecular complexity index is 1600. The van der Waals surface area contributed by atoms with Gasteiger partial charge in [-0.3, -0.25) is 9.59 Å². The first-order chi connectivity index (χ1) is 17.5. The van der Waals surface area contributed by atoms with Crippen LogP contribution in [0.1, 0.15) is 32.1 Å². The fraction of sp³-hybridized carbons (Fsp3) is 0.0455. The number of nitrogens with zero attached hydrogens (tertiary/aromatic N) is 6. The average molecular weight is 485 g/mol. The zero-order valence-electron chi connectivity index (χ0n) is 18.5. The third-order valence-corrected chi connectivity index (χ3v) is 5.30. The molecule has 2 aromatic carbocycles. The molecule has 0 aliphatic carbocycles. The van der Waals surface area contributed by atoms with Gasteiger partial charge in [0, 0.05) is 28.4 Å². The second-order valence-corrected chi connectivity index (χ2v) is 7.52. The lowest BCUT2D eigenvalue weighted by molar-refractivity contribution is 0.0947. The quantitative estimate of drug-likeness (QED) is 0.158. The van der Waals surface area contributed by atoms with Crippen molar-refractivity contribution in [3.8, 4) is 5.82 Å².